The molecule has 3 atom stereocenters. The highest BCUT2D eigenvalue weighted by Gasteiger charge is 2.47. The zero-order valence-electron chi connectivity index (χ0n) is 29.3. The van der Waals surface area contributed by atoms with E-state index in [-0.39, 0.29) is 54.8 Å². The standard InChI is InChI=1S/C38H45F5N4O5/c1-21(18-51-2)47-17-31(29-8-7-28(16-33(29)47)52-27-5-3-26(4-6-27)46-19-37(39,40)20-46)32-10-9-30(34(45-32)38(41,42)43)35(48)44-25-14-22-11-23(15-25)13-24(12-22)36(49)50/h7-10,16-17,21-27H,3-6,11-15,18-20H2,1-2H3,(H,44,48)(H,49,50)/t21-,22?,23?,24?,25?,26?,27?/m0/s1. The van der Waals surface area contributed by atoms with E-state index < -0.39 is 41.2 Å². The summed E-state index contributed by atoms with van der Waals surface area (Å²) in [6, 6.07) is 7.66. The molecule has 1 saturated heterocycles. The van der Waals surface area contributed by atoms with Crippen molar-refractivity contribution >= 4 is 22.8 Å². The van der Waals surface area contributed by atoms with Crippen molar-refractivity contribution in [2.45, 2.75) is 101 Å². The number of nitrogens with zero attached hydrogens (tertiary/aromatic N) is 3. The number of hydrogen-bond donors (Lipinski definition) is 2. The fourth-order valence-electron chi connectivity index (χ4n) is 9.16. The molecule has 7 rings (SSSR count). The lowest BCUT2D eigenvalue weighted by molar-refractivity contribution is -0.151. The van der Waals surface area contributed by atoms with E-state index in [1.165, 1.54) is 12.1 Å². The van der Waals surface area contributed by atoms with E-state index >= 15 is 0 Å². The normalized spacial score (nSPS) is 28.2. The Bertz CT molecular complexity index is 1780. The predicted molar refractivity (Wildman–Crippen MR) is 182 cm³/mol. The largest absolute Gasteiger partial charge is 0.490 e. The van der Waals surface area contributed by atoms with E-state index in [0.717, 1.165) is 37.6 Å². The number of carbonyl (C=O) groups excluding carboxylic acids is 1. The molecule has 2 N–H and O–H groups in total. The summed E-state index contributed by atoms with van der Waals surface area (Å²) in [7, 11) is 1.57. The zero-order valence-corrected chi connectivity index (χ0v) is 29.3. The maximum absolute atomic E-state index is 14.6. The van der Waals surface area contributed by atoms with Crippen LogP contribution in [0.25, 0.3) is 22.2 Å². The Morgan fingerprint density at radius 3 is 2.33 bits per heavy atom. The first kappa shape index (κ1) is 36.6. The molecule has 3 heterocycles. The minimum Gasteiger partial charge on any atom is -0.490 e. The average molecular weight is 733 g/mol. The summed E-state index contributed by atoms with van der Waals surface area (Å²) in [5.41, 5.74) is -0.582. The van der Waals surface area contributed by atoms with E-state index in [9.17, 15) is 36.6 Å². The molecule has 3 aliphatic carbocycles. The molecule has 3 aromatic rings. The number of nitrogens with one attached hydrogen (secondary N) is 1. The summed E-state index contributed by atoms with van der Waals surface area (Å²) < 4.78 is 84.1. The van der Waals surface area contributed by atoms with Crippen molar-refractivity contribution in [2.24, 2.45) is 17.8 Å². The maximum Gasteiger partial charge on any atom is 0.434 e. The number of amides is 1. The molecule has 52 heavy (non-hydrogen) atoms. The highest BCUT2D eigenvalue weighted by Crippen LogP contribution is 2.43. The van der Waals surface area contributed by atoms with Crippen molar-refractivity contribution in [3.8, 4) is 17.0 Å². The lowest BCUT2D eigenvalue weighted by Crippen LogP contribution is -2.60. The number of carboxylic acid groups (broad SMARTS) is 1. The molecule has 4 aliphatic rings. The minimum absolute atomic E-state index is 0.0627. The first-order valence-electron chi connectivity index (χ1n) is 18.2. The number of hydrogen-bond acceptors (Lipinski definition) is 6. The van der Waals surface area contributed by atoms with Gasteiger partial charge in [-0.2, -0.15) is 13.2 Å². The Morgan fingerprint density at radius 1 is 1.02 bits per heavy atom. The van der Waals surface area contributed by atoms with Crippen molar-refractivity contribution in [3.63, 3.8) is 0 Å². The second-order valence-corrected chi connectivity index (χ2v) is 15.4. The first-order valence-corrected chi connectivity index (χ1v) is 18.2. The van der Waals surface area contributed by atoms with Crippen molar-refractivity contribution in [2.75, 3.05) is 26.8 Å². The molecule has 2 unspecified atom stereocenters. The van der Waals surface area contributed by atoms with Crippen LogP contribution in [-0.4, -0.2) is 82.4 Å². The fraction of sp³-hybridized carbons (Fsp3) is 0.605. The van der Waals surface area contributed by atoms with Gasteiger partial charge in [-0.05, 0) is 101 Å². The van der Waals surface area contributed by atoms with Gasteiger partial charge in [0.25, 0.3) is 11.8 Å². The number of benzene rings is 1. The number of likely N-dealkylation sites (tertiary alicyclic amines) is 1. The van der Waals surface area contributed by atoms with Gasteiger partial charge in [0, 0.05) is 42.4 Å². The highest BCUT2D eigenvalue weighted by atomic mass is 19.4. The maximum atomic E-state index is 14.6. The van der Waals surface area contributed by atoms with Gasteiger partial charge in [-0.3, -0.25) is 14.5 Å². The van der Waals surface area contributed by atoms with Crippen LogP contribution in [-0.2, 0) is 15.7 Å². The molecule has 2 aromatic heterocycles. The monoisotopic (exact) mass is 732 g/mol. The number of pyridine rings is 1. The number of methoxy groups -OCH3 is 1. The SMILES string of the molecule is COC[C@H](C)n1cc(-c2ccc(C(=O)NC3CC4CC(C3)CC(C(=O)O)C4)c(C(F)(F)F)n2)c2ccc(OC3CCC(N4CC(F)(F)C4)CC3)cc21. The van der Waals surface area contributed by atoms with E-state index in [4.69, 9.17) is 9.47 Å². The summed E-state index contributed by atoms with van der Waals surface area (Å²) in [6.45, 7) is 1.90. The van der Waals surface area contributed by atoms with E-state index in [2.05, 4.69) is 10.3 Å². The second-order valence-electron chi connectivity index (χ2n) is 15.4. The third-order valence-corrected chi connectivity index (χ3v) is 11.5. The van der Waals surface area contributed by atoms with Crippen LogP contribution in [0.3, 0.4) is 0 Å². The number of aromatic nitrogens is 2. The topological polar surface area (TPSA) is 106 Å². The van der Waals surface area contributed by atoms with Crippen molar-refractivity contribution < 1.29 is 46.1 Å². The lowest BCUT2D eigenvalue weighted by atomic mass is 9.66. The molecular formula is C38H45F5N4O5. The van der Waals surface area contributed by atoms with E-state index in [1.807, 2.05) is 22.5 Å². The van der Waals surface area contributed by atoms with Gasteiger partial charge in [-0.1, -0.05) is 0 Å². The molecule has 3 saturated carbocycles. The fourth-order valence-corrected chi connectivity index (χ4v) is 9.16. The summed E-state index contributed by atoms with van der Waals surface area (Å²) in [5.74, 6) is -3.87. The van der Waals surface area contributed by atoms with Gasteiger partial charge in [-0.15, -0.1) is 0 Å². The Hall–Kier alpha value is -3.78. The van der Waals surface area contributed by atoms with Crippen molar-refractivity contribution in [3.05, 3.63) is 47.8 Å². The zero-order chi connectivity index (χ0) is 36.9. The van der Waals surface area contributed by atoms with Gasteiger partial charge in [0.15, 0.2) is 5.69 Å². The van der Waals surface area contributed by atoms with Crippen LogP contribution in [0.2, 0.25) is 0 Å². The highest BCUT2D eigenvalue weighted by molar-refractivity contribution is 5.98. The average Bonchev–Trinajstić information content (AvgIpc) is 3.45. The molecule has 282 valence electrons. The number of ether oxygens (including phenoxy) is 2. The lowest BCUT2D eigenvalue weighted by Gasteiger charge is -2.46. The van der Waals surface area contributed by atoms with Crippen LogP contribution in [0, 0.1) is 17.8 Å². The molecule has 1 aliphatic heterocycles. The third-order valence-electron chi connectivity index (χ3n) is 11.5. The number of carbonyl (C=O) groups is 2. The Kier molecular flexibility index (Phi) is 10.0. The van der Waals surface area contributed by atoms with Crippen molar-refractivity contribution in [1.29, 1.82) is 0 Å². The molecule has 9 nitrogen and oxygen atoms in total. The van der Waals surface area contributed by atoms with Crippen LogP contribution in [0.5, 0.6) is 5.75 Å². The molecular weight excluding hydrogens is 687 g/mol. The molecule has 14 heteroatoms. The van der Waals surface area contributed by atoms with E-state index in [1.54, 1.807) is 25.4 Å². The number of rotatable bonds is 10. The van der Waals surface area contributed by atoms with Crippen molar-refractivity contribution in [1.82, 2.24) is 19.8 Å². The number of carboxylic acids is 1. The van der Waals surface area contributed by atoms with Gasteiger partial charge < -0.3 is 24.5 Å². The molecule has 2 bridgehead atoms. The smallest absolute Gasteiger partial charge is 0.434 e. The Morgan fingerprint density at radius 2 is 1.71 bits per heavy atom. The first-order chi connectivity index (χ1) is 24.7. The second kappa shape index (κ2) is 14.2. The van der Waals surface area contributed by atoms with Gasteiger partial charge in [-0.25, -0.2) is 13.8 Å². The van der Waals surface area contributed by atoms with E-state index in [0.29, 0.717) is 49.0 Å². The minimum atomic E-state index is -4.90. The molecule has 1 aromatic carbocycles. The number of fused-ring (bicyclic) bond motifs is 3. The van der Waals surface area contributed by atoms with Gasteiger partial charge in [0.1, 0.15) is 5.75 Å². The van der Waals surface area contributed by atoms with Crippen LogP contribution in [0.4, 0.5) is 22.0 Å². The van der Waals surface area contributed by atoms with Crippen LogP contribution in [0.1, 0.15) is 86.8 Å². The van der Waals surface area contributed by atoms with Crippen LogP contribution >= 0.6 is 0 Å². The van der Waals surface area contributed by atoms with Crippen LogP contribution < -0.4 is 10.1 Å². The Labute approximate surface area is 298 Å². The molecule has 0 radical (unpaired) electrons. The summed E-state index contributed by atoms with van der Waals surface area (Å²) in [5, 5.41) is 12.9. The number of aliphatic carboxylic acids is 1. The summed E-state index contributed by atoms with van der Waals surface area (Å²) in [6.07, 6.45) is 2.72. The quantitative estimate of drug-likeness (QED) is 0.207. The molecule has 1 amide bonds. The number of halogens is 5. The molecule has 4 fully saturated rings. The third kappa shape index (κ3) is 7.64. The predicted octanol–water partition coefficient (Wildman–Crippen LogP) is 7.58. The van der Waals surface area contributed by atoms with Crippen LogP contribution in [0.15, 0.2) is 36.5 Å². The van der Waals surface area contributed by atoms with Gasteiger partial charge in [0.2, 0.25) is 0 Å². The summed E-state index contributed by atoms with van der Waals surface area (Å²) >= 11 is 0. The number of alkyl halides is 5. The van der Waals surface area contributed by atoms with Gasteiger partial charge >= 0.3 is 12.1 Å². The Balaban J connectivity index is 1.11. The van der Waals surface area contributed by atoms with Gasteiger partial charge in [0.05, 0.1) is 54.5 Å². The summed E-state index contributed by atoms with van der Waals surface area (Å²) in [4.78, 5) is 30.8. The molecule has 0 spiro atoms.